The monoisotopic (exact) mass is 388 g/mol. The van der Waals surface area contributed by atoms with Gasteiger partial charge in [-0.15, -0.1) is 12.4 Å². The molecule has 0 atom stereocenters. The molecule has 4 rings (SSSR count). The summed E-state index contributed by atoms with van der Waals surface area (Å²) < 4.78 is 0. The Labute approximate surface area is 172 Å². The Hall–Kier alpha value is -2.81. The molecule has 28 heavy (non-hydrogen) atoms. The van der Waals surface area contributed by atoms with Crippen molar-refractivity contribution in [3.63, 3.8) is 0 Å². The van der Waals surface area contributed by atoms with Crippen LogP contribution >= 0.6 is 12.4 Å². The van der Waals surface area contributed by atoms with Crippen LogP contribution in [0.25, 0.3) is 28.1 Å². The summed E-state index contributed by atoms with van der Waals surface area (Å²) in [6.07, 6.45) is 6.43. The third-order valence-corrected chi connectivity index (χ3v) is 4.86. The molecule has 0 aliphatic carbocycles. The first-order chi connectivity index (χ1) is 13.3. The summed E-state index contributed by atoms with van der Waals surface area (Å²) in [7, 11) is 2.16. The molecule has 0 saturated heterocycles. The average molecular weight is 389 g/mol. The number of para-hydroxylation sites is 1. The third kappa shape index (κ3) is 4.72. The quantitative estimate of drug-likeness (QED) is 0.404. The summed E-state index contributed by atoms with van der Waals surface area (Å²) in [5.74, 6) is 0. The summed E-state index contributed by atoms with van der Waals surface area (Å²) in [5.41, 5.74) is 6.31. The van der Waals surface area contributed by atoms with Gasteiger partial charge in [-0.1, -0.05) is 84.9 Å². The van der Waals surface area contributed by atoms with Gasteiger partial charge in [0, 0.05) is 24.8 Å². The molecule has 0 saturated carbocycles. The topological polar surface area (TPSA) is 19.0 Å². The van der Waals surface area contributed by atoms with Crippen LogP contribution < -0.4 is 0 Å². The van der Waals surface area contributed by atoms with Gasteiger partial charge in [0.1, 0.15) is 0 Å². The first kappa shape index (κ1) is 19.9. The zero-order chi connectivity index (χ0) is 18.5. The molecule has 1 N–H and O–H groups in total. The average Bonchev–Trinajstić information content (AvgIpc) is 3.19. The number of nitrogens with one attached hydrogen (secondary N) is 1. The van der Waals surface area contributed by atoms with Gasteiger partial charge in [-0.25, -0.2) is 0 Å². The number of rotatable bonds is 6. The summed E-state index contributed by atoms with van der Waals surface area (Å²) in [6.45, 7) is 1.84. The zero-order valence-electron chi connectivity index (χ0n) is 16.0. The van der Waals surface area contributed by atoms with Crippen LogP contribution in [0.5, 0.6) is 0 Å². The van der Waals surface area contributed by atoms with Crippen LogP contribution in [0, 0.1) is 0 Å². The van der Waals surface area contributed by atoms with Crippen LogP contribution in [0.15, 0.2) is 91.1 Å². The minimum absolute atomic E-state index is 0. The maximum Gasteiger partial charge on any atom is 0.0499 e. The van der Waals surface area contributed by atoms with Crippen molar-refractivity contribution in [2.45, 2.75) is 6.54 Å². The minimum Gasteiger partial charge on any atom is -0.361 e. The van der Waals surface area contributed by atoms with E-state index in [4.69, 9.17) is 0 Å². The molecule has 0 aliphatic rings. The number of nitrogens with zero attached hydrogens (tertiary/aromatic N) is 1. The Morgan fingerprint density at radius 3 is 2.36 bits per heavy atom. The predicted molar refractivity (Wildman–Crippen MR) is 123 cm³/mol. The first-order valence-corrected chi connectivity index (χ1v) is 9.35. The van der Waals surface area contributed by atoms with Gasteiger partial charge in [0.15, 0.2) is 0 Å². The second kappa shape index (κ2) is 9.41. The molecule has 0 amide bonds. The van der Waals surface area contributed by atoms with E-state index < -0.39 is 0 Å². The van der Waals surface area contributed by atoms with Gasteiger partial charge in [0.2, 0.25) is 0 Å². The number of benzene rings is 3. The lowest BCUT2D eigenvalue weighted by atomic mass is 10.0. The maximum atomic E-state index is 3.35. The van der Waals surface area contributed by atoms with Gasteiger partial charge < -0.3 is 4.98 Å². The van der Waals surface area contributed by atoms with E-state index in [2.05, 4.69) is 102 Å². The number of halogens is 1. The van der Waals surface area contributed by atoms with E-state index in [-0.39, 0.29) is 12.4 Å². The Balaban J connectivity index is 0.00000225. The Kier molecular flexibility index (Phi) is 6.70. The Bertz CT molecular complexity index is 1030. The van der Waals surface area contributed by atoms with Gasteiger partial charge in [-0.3, -0.25) is 4.90 Å². The molecule has 1 aromatic heterocycles. The summed E-state index contributed by atoms with van der Waals surface area (Å²) in [6, 6.07) is 27.8. The number of aromatic nitrogens is 1. The predicted octanol–water partition coefficient (Wildman–Crippen LogP) is 6.40. The van der Waals surface area contributed by atoms with E-state index >= 15 is 0 Å². The fourth-order valence-electron chi connectivity index (χ4n) is 3.42. The smallest absolute Gasteiger partial charge is 0.0499 e. The lowest BCUT2D eigenvalue weighted by molar-refractivity contribution is 0.365. The second-order valence-electron chi connectivity index (χ2n) is 6.95. The number of likely N-dealkylation sites (N-methyl/N-ethyl adjacent to an activating group) is 1. The lowest BCUT2D eigenvalue weighted by Crippen LogP contribution is -2.17. The molecule has 2 nitrogen and oxygen atoms in total. The van der Waals surface area contributed by atoms with Gasteiger partial charge in [-0.2, -0.15) is 0 Å². The fraction of sp³-hybridized carbons (Fsp3) is 0.120. The molecule has 3 aromatic carbocycles. The maximum absolute atomic E-state index is 3.35. The summed E-state index contributed by atoms with van der Waals surface area (Å²) in [4.78, 5) is 5.67. The highest BCUT2D eigenvalue weighted by molar-refractivity contribution is 5.85. The molecule has 4 aromatic rings. The van der Waals surface area contributed by atoms with Crippen LogP contribution in [0.1, 0.15) is 11.1 Å². The van der Waals surface area contributed by atoms with Crippen LogP contribution in [-0.2, 0) is 6.54 Å². The summed E-state index contributed by atoms with van der Waals surface area (Å²) in [5, 5.41) is 1.27. The van der Waals surface area contributed by atoms with Crippen LogP contribution in [0.3, 0.4) is 0 Å². The molecular weight excluding hydrogens is 364 g/mol. The molecular formula is C25H25ClN2. The van der Waals surface area contributed by atoms with E-state index in [1.165, 1.54) is 33.2 Å². The number of hydrogen-bond donors (Lipinski definition) is 1. The van der Waals surface area contributed by atoms with Crippen molar-refractivity contribution in [1.29, 1.82) is 0 Å². The molecule has 142 valence electrons. The van der Waals surface area contributed by atoms with Crippen molar-refractivity contribution in [3.05, 3.63) is 102 Å². The molecule has 0 fully saturated rings. The molecule has 0 spiro atoms. The van der Waals surface area contributed by atoms with Crippen LogP contribution in [0.2, 0.25) is 0 Å². The third-order valence-electron chi connectivity index (χ3n) is 4.86. The lowest BCUT2D eigenvalue weighted by Gasteiger charge is -2.15. The van der Waals surface area contributed by atoms with Crippen molar-refractivity contribution in [2.75, 3.05) is 13.6 Å². The van der Waals surface area contributed by atoms with Crippen molar-refractivity contribution in [3.8, 4) is 11.1 Å². The highest BCUT2D eigenvalue weighted by Crippen LogP contribution is 2.20. The number of hydrogen-bond acceptors (Lipinski definition) is 1. The largest absolute Gasteiger partial charge is 0.361 e. The fourth-order valence-corrected chi connectivity index (χ4v) is 3.42. The van der Waals surface area contributed by atoms with E-state index in [0.717, 1.165) is 13.1 Å². The Morgan fingerprint density at radius 1 is 0.821 bits per heavy atom. The van der Waals surface area contributed by atoms with Gasteiger partial charge in [0.25, 0.3) is 0 Å². The number of aromatic amines is 1. The molecule has 1 heterocycles. The van der Waals surface area contributed by atoms with E-state index in [0.29, 0.717) is 0 Å². The van der Waals surface area contributed by atoms with E-state index in [9.17, 15) is 0 Å². The van der Waals surface area contributed by atoms with Gasteiger partial charge >= 0.3 is 0 Å². The van der Waals surface area contributed by atoms with Crippen molar-refractivity contribution >= 4 is 29.4 Å². The van der Waals surface area contributed by atoms with Crippen LogP contribution in [-0.4, -0.2) is 23.5 Å². The standard InChI is InChI=1S/C25H24N2.ClH/c1-27(19-24-11-5-10-23-16-17-26-25(23)24)18-6-7-20-12-14-22(15-13-20)21-8-3-2-4-9-21;/h2-17,26H,18-19H2,1H3;1H/b7-6+;. The molecule has 0 bridgehead atoms. The molecule has 0 unspecified atom stereocenters. The van der Waals surface area contributed by atoms with Crippen molar-refractivity contribution in [2.24, 2.45) is 0 Å². The number of H-pyrrole nitrogens is 1. The highest BCUT2D eigenvalue weighted by Gasteiger charge is 2.04. The summed E-state index contributed by atoms with van der Waals surface area (Å²) >= 11 is 0. The first-order valence-electron chi connectivity index (χ1n) is 9.35. The molecule has 0 aliphatic heterocycles. The second-order valence-corrected chi connectivity index (χ2v) is 6.95. The highest BCUT2D eigenvalue weighted by atomic mass is 35.5. The number of fused-ring (bicyclic) bond motifs is 1. The molecule has 3 heteroatoms. The van der Waals surface area contributed by atoms with E-state index in [1.807, 2.05) is 12.3 Å². The van der Waals surface area contributed by atoms with Gasteiger partial charge in [0.05, 0.1) is 0 Å². The van der Waals surface area contributed by atoms with Crippen molar-refractivity contribution < 1.29 is 0 Å². The molecule has 0 radical (unpaired) electrons. The van der Waals surface area contributed by atoms with Gasteiger partial charge in [-0.05, 0) is 40.8 Å². The van der Waals surface area contributed by atoms with Crippen molar-refractivity contribution in [1.82, 2.24) is 9.88 Å². The van der Waals surface area contributed by atoms with E-state index in [1.54, 1.807) is 0 Å². The SMILES string of the molecule is CN(C/C=C/c1ccc(-c2ccccc2)cc1)Cc1cccc2cc[nH]c12.Cl. The Morgan fingerprint density at radius 2 is 1.57 bits per heavy atom. The van der Waals surface area contributed by atoms with Crippen LogP contribution in [0.4, 0.5) is 0 Å². The zero-order valence-corrected chi connectivity index (χ0v) is 16.8. The minimum atomic E-state index is 0. The normalized spacial score (nSPS) is 11.2.